The molecule has 0 radical (unpaired) electrons. The van der Waals surface area contributed by atoms with Gasteiger partial charge in [0.05, 0.1) is 13.2 Å². The summed E-state index contributed by atoms with van der Waals surface area (Å²) in [6, 6.07) is 11.2. The van der Waals surface area contributed by atoms with Crippen LogP contribution in [0.5, 0.6) is 5.75 Å². The van der Waals surface area contributed by atoms with Gasteiger partial charge in [0.2, 0.25) is 0 Å². The standard InChI is InChI=1S/C15H12F2N2O/c1-20-15-7-2-10(8-13(15)17)14(9-18)19-12-5-3-11(16)4-6-12/h2-8,14,19H,1H3. The van der Waals surface area contributed by atoms with Gasteiger partial charge in [-0.3, -0.25) is 0 Å². The number of hydrogen-bond acceptors (Lipinski definition) is 3. The number of benzene rings is 2. The van der Waals surface area contributed by atoms with E-state index in [4.69, 9.17) is 4.74 Å². The third kappa shape index (κ3) is 3.04. The van der Waals surface area contributed by atoms with Crippen molar-refractivity contribution in [3.8, 4) is 11.8 Å². The number of methoxy groups -OCH3 is 1. The molecule has 2 aromatic rings. The molecule has 0 amide bonds. The van der Waals surface area contributed by atoms with Gasteiger partial charge in [-0.05, 0) is 42.0 Å². The quantitative estimate of drug-likeness (QED) is 0.925. The van der Waals surface area contributed by atoms with E-state index in [0.717, 1.165) is 0 Å². The van der Waals surface area contributed by atoms with Gasteiger partial charge < -0.3 is 10.1 Å². The third-order valence-electron chi connectivity index (χ3n) is 2.79. The second-order valence-electron chi connectivity index (χ2n) is 4.11. The van der Waals surface area contributed by atoms with E-state index in [-0.39, 0.29) is 11.6 Å². The fraction of sp³-hybridized carbons (Fsp3) is 0.133. The molecule has 1 unspecified atom stereocenters. The molecule has 0 aliphatic rings. The van der Waals surface area contributed by atoms with Crippen LogP contribution in [0.1, 0.15) is 11.6 Å². The van der Waals surface area contributed by atoms with Crippen molar-refractivity contribution in [3.05, 3.63) is 59.7 Å². The van der Waals surface area contributed by atoms with Crippen LogP contribution in [-0.2, 0) is 0 Å². The lowest BCUT2D eigenvalue weighted by atomic mass is 10.1. The Balaban J connectivity index is 2.22. The fourth-order valence-electron chi connectivity index (χ4n) is 1.77. The molecule has 5 heteroatoms. The van der Waals surface area contributed by atoms with Crippen molar-refractivity contribution >= 4 is 5.69 Å². The lowest BCUT2D eigenvalue weighted by Crippen LogP contribution is -2.09. The average Bonchev–Trinajstić information content (AvgIpc) is 2.46. The Labute approximate surface area is 115 Å². The molecule has 102 valence electrons. The first-order valence-electron chi connectivity index (χ1n) is 5.89. The largest absolute Gasteiger partial charge is 0.494 e. The minimum Gasteiger partial charge on any atom is -0.494 e. The van der Waals surface area contributed by atoms with Gasteiger partial charge in [0.15, 0.2) is 11.6 Å². The Morgan fingerprint density at radius 1 is 1.15 bits per heavy atom. The predicted octanol–water partition coefficient (Wildman–Crippen LogP) is 3.65. The zero-order valence-corrected chi connectivity index (χ0v) is 10.7. The van der Waals surface area contributed by atoms with E-state index in [1.54, 1.807) is 6.07 Å². The van der Waals surface area contributed by atoms with Crippen molar-refractivity contribution in [2.45, 2.75) is 6.04 Å². The van der Waals surface area contributed by atoms with Crippen molar-refractivity contribution in [1.29, 1.82) is 5.26 Å². The average molecular weight is 274 g/mol. The van der Waals surface area contributed by atoms with E-state index >= 15 is 0 Å². The summed E-state index contributed by atoms with van der Waals surface area (Å²) < 4.78 is 31.3. The van der Waals surface area contributed by atoms with Crippen molar-refractivity contribution in [2.24, 2.45) is 0 Å². The Morgan fingerprint density at radius 2 is 1.85 bits per heavy atom. The van der Waals surface area contributed by atoms with Crippen LogP contribution in [0.15, 0.2) is 42.5 Å². The minimum atomic E-state index is -0.735. The number of nitriles is 1. The van der Waals surface area contributed by atoms with Crippen LogP contribution < -0.4 is 10.1 Å². The van der Waals surface area contributed by atoms with Crippen LogP contribution in [0, 0.1) is 23.0 Å². The summed E-state index contributed by atoms with van der Waals surface area (Å²) in [5, 5.41) is 12.1. The van der Waals surface area contributed by atoms with Crippen LogP contribution in [0.2, 0.25) is 0 Å². The zero-order chi connectivity index (χ0) is 14.5. The highest BCUT2D eigenvalue weighted by atomic mass is 19.1. The molecular formula is C15H12F2N2O. The molecule has 0 aliphatic heterocycles. The van der Waals surface area contributed by atoms with E-state index < -0.39 is 11.9 Å². The number of anilines is 1. The molecule has 0 aromatic heterocycles. The highest BCUT2D eigenvalue weighted by Crippen LogP contribution is 2.24. The van der Waals surface area contributed by atoms with E-state index in [2.05, 4.69) is 5.32 Å². The normalized spacial score (nSPS) is 11.5. The molecule has 0 saturated carbocycles. The predicted molar refractivity (Wildman–Crippen MR) is 71.3 cm³/mol. The van der Waals surface area contributed by atoms with Crippen molar-refractivity contribution in [1.82, 2.24) is 0 Å². The number of rotatable bonds is 4. The lowest BCUT2D eigenvalue weighted by molar-refractivity contribution is 0.386. The van der Waals surface area contributed by atoms with Gasteiger partial charge >= 0.3 is 0 Å². The molecule has 0 bridgehead atoms. The summed E-state index contributed by atoms with van der Waals surface area (Å²) in [4.78, 5) is 0. The van der Waals surface area contributed by atoms with Gasteiger partial charge in [0.1, 0.15) is 11.9 Å². The molecule has 0 fully saturated rings. The summed E-state index contributed by atoms with van der Waals surface area (Å²) in [5.74, 6) is -0.780. The van der Waals surface area contributed by atoms with Crippen LogP contribution in [0.3, 0.4) is 0 Å². The van der Waals surface area contributed by atoms with Gasteiger partial charge in [0, 0.05) is 5.69 Å². The Kier molecular flexibility index (Phi) is 4.16. The number of hydrogen-bond donors (Lipinski definition) is 1. The molecule has 3 nitrogen and oxygen atoms in total. The summed E-state index contributed by atoms with van der Waals surface area (Å²) >= 11 is 0. The number of nitrogens with zero attached hydrogens (tertiary/aromatic N) is 1. The van der Waals surface area contributed by atoms with E-state index in [1.807, 2.05) is 6.07 Å². The molecule has 1 N–H and O–H groups in total. The lowest BCUT2D eigenvalue weighted by Gasteiger charge is -2.14. The molecule has 0 aliphatic carbocycles. The molecule has 0 heterocycles. The highest BCUT2D eigenvalue weighted by molar-refractivity contribution is 5.48. The van der Waals surface area contributed by atoms with E-state index in [1.165, 1.54) is 43.5 Å². The van der Waals surface area contributed by atoms with Crippen molar-refractivity contribution < 1.29 is 13.5 Å². The number of nitrogens with one attached hydrogen (secondary N) is 1. The van der Waals surface area contributed by atoms with Crippen LogP contribution in [0.4, 0.5) is 14.5 Å². The maximum atomic E-state index is 13.6. The molecule has 0 spiro atoms. The minimum absolute atomic E-state index is 0.118. The van der Waals surface area contributed by atoms with Crippen molar-refractivity contribution in [3.63, 3.8) is 0 Å². The summed E-state index contributed by atoms with van der Waals surface area (Å²) in [7, 11) is 1.37. The summed E-state index contributed by atoms with van der Waals surface area (Å²) in [5.41, 5.74) is 1.05. The van der Waals surface area contributed by atoms with Gasteiger partial charge in [-0.2, -0.15) is 5.26 Å². The highest BCUT2D eigenvalue weighted by Gasteiger charge is 2.13. The molecular weight excluding hydrogens is 262 g/mol. The monoisotopic (exact) mass is 274 g/mol. The first-order valence-corrected chi connectivity index (χ1v) is 5.89. The molecule has 20 heavy (non-hydrogen) atoms. The summed E-state index contributed by atoms with van der Waals surface area (Å²) in [6.07, 6.45) is 0. The number of ether oxygens (including phenoxy) is 1. The number of halogens is 2. The molecule has 2 aromatic carbocycles. The third-order valence-corrected chi connectivity index (χ3v) is 2.79. The second-order valence-corrected chi connectivity index (χ2v) is 4.11. The van der Waals surface area contributed by atoms with Crippen LogP contribution in [0.25, 0.3) is 0 Å². The van der Waals surface area contributed by atoms with Crippen molar-refractivity contribution in [2.75, 3.05) is 12.4 Å². The van der Waals surface area contributed by atoms with E-state index in [9.17, 15) is 14.0 Å². The molecule has 1 atom stereocenters. The van der Waals surface area contributed by atoms with Gasteiger partial charge in [-0.1, -0.05) is 6.07 Å². The zero-order valence-electron chi connectivity index (χ0n) is 10.7. The van der Waals surface area contributed by atoms with Gasteiger partial charge in [-0.15, -0.1) is 0 Å². The first kappa shape index (κ1) is 13.8. The second kappa shape index (κ2) is 6.02. The molecule has 0 saturated heterocycles. The van der Waals surface area contributed by atoms with Crippen LogP contribution in [-0.4, -0.2) is 7.11 Å². The first-order chi connectivity index (χ1) is 9.63. The fourth-order valence-corrected chi connectivity index (χ4v) is 1.77. The molecule has 2 rings (SSSR count). The van der Waals surface area contributed by atoms with E-state index in [0.29, 0.717) is 11.3 Å². The SMILES string of the molecule is COc1ccc(C(C#N)Nc2ccc(F)cc2)cc1F. The maximum Gasteiger partial charge on any atom is 0.165 e. The Bertz CT molecular complexity index is 635. The van der Waals surface area contributed by atoms with Gasteiger partial charge in [0.25, 0.3) is 0 Å². The Morgan fingerprint density at radius 3 is 2.40 bits per heavy atom. The smallest absolute Gasteiger partial charge is 0.165 e. The maximum absolute atomic E-state index is 13.6. The van der Waals surface area contributed by atoms with Gasteiger partial charge in [-0.25, -0.2) is 8.78 Å². The Hall–Kier alpha value is -2.61. The summed E-state index contributed by atoms with van der Waals surface area (Å²) in [6.45, 7) is 0. The van der Waals surface area contributed by atoms with Crippen LogP contribution >= 0.6 is 0 Å². The topological polar surface area (TPSA) is 45.0 Å².